The Labute approximate surface area is 163 Å². The van der Waals surface area contributed by atoms with Crippen molar-refractivity contribution in [1.82, 2.24) is 14.4 Å². The van der Waals surface area contributed by atoms with Crippen molar-refractivity contribution in [3.8, 4) is 11.3 Å². The molecule has 0 aliphatic carbocycles. The molecule has 0 saturated heterocycles. The van der Waals surface area contributed by atoms with Crippen molar-refractivity contribution in [3.63, 3.8) is 0 Å². The highest BCUT2D eigenvalue weighted by Gasteiger charge is 2.29. The molecule has 0 atom stereocenters. The second kappa shape index (κ2) is 7.38. The highest BCUT2D eigenvalue weighted by Crippen LogP contribution is 2.29. The zero-order valence-electron chi connectivity index (χ0n) is 15.0. The average molecular weight is 396 g/mol. The van der Waals surface area contributed by atoms with Gasteiger partial charge in [0, 0.05) is 29.8 Å². The molecular formula is C21H15F3N4O. The van der Waals surface area contributed by atoms with E-state index in [9.17, 15) is 18.0 Å². The van der Waals surface area contributed by atoms with Crippen LogP contribution in [0.2, 0.25) is 0 Å². The fourth-order valence-corrected chi connectivity index (χ4v) is 2.93. The second-order valence-corrected chi connectivity index (χ2v) is 6.45. The van der Waals surface area contributed by atoms with Gasteiger partial charge in [-0.15, -0.1) is 0 Å². The van der Waals surface area contributed by atoms with E-state index in [1.807, 2.05) is 18.5 Å². The maximum absolute atomic E-state index is 12.6. The minimum atomic E-state index is -4.39. The summed E-state index contributed by atoms with van der Waals surface area (Å²) < 4.78 is 39.7. The number of nitrogens with zero attached hydrogens (tertiary/aromatic N) is 3. The summed E-state index contributed by atoms with van der Waals surface area (Å²) >= 11 is 0. The van der Waals surface area contributed by atoms with E-state index >= 15 is 0 Å². The van der Waals surface area contributed by atoms with E-state index < -0.39 is 11.7 Å². The van der Waals surface area contributed by atoms with Crippen molar-refractivity contribution in [3.05, 3.63) is 84.3 Å². The molecule has 2 aromatic carbocycles. The summed E-state index contributed by atoms with van der Waals surface area (Å²) in [7, 11) is 0. The predicted molar refractivity (Wildman–Crippen MR) is 102 cm³/mol. The fourth-order valence-electron chi connectivity index (χ4n) is 2.93. The molecule has 2 heterocycles. The topological polar surface area (TPSA) is 59.3 Å². The molecule has 146 valence electrons. The summed E-state index contributed by atoms with van der Waals surface area (Å²) in [4.78, 5) is 20.9. The Morgan fingerprint density at radius 3 is 2.59 bits per heavy atom. The molecule has 0 fully saturated rings. The van der Waals surface area contributed by atoms with Crippen LogP contribution in [0.5, 0.6) is 0 Å². The van der Waals surface area contributed by atoms with Gasteiger partial charge in [-0.3, -0.25) is 9.20 Å². The Balaban J connectivity index is 1.47. The van der Waals surface area contributed by atoms with Crippen LogP contribution in [0.3, 0.4) is 0 Å². The smallest absolute Gasteiger partial charge is 0.326 e. The number of hydrogen-bond acceptors (Lipinski definition) is 3. The van der Waals surface area contributed by atoms with Crippen molar-refractivity contribution in [2.24, 2.45) is 0 Å². The Morgan fingerprint density at radius 2 is 1.86 bits per heavy atom. The maximum Gasteiger partial charge on any atom is 0.416 e. The van der Waals surface area contributed by atoms with Crippen LogP contribution in [0, 0.1) is 0 Å². The summed E-state index contributed by atoms with van der Waals surface area (Å²) in [6.07, 6.45) is 0.916. The number of rotatable bonds is 4. The normalized spacial score (nSPS) is 11.6. The van der Waals surface area contributed by atoms with E-state index in [-0.39, 0.29) is 12.3 Å². The molecule has 0 bridgehead atoms. The molecule has 0 spiro atoms. The first kappa shape index (κ1) is 18.7. The molecular weight excluding hydrogens is 381 g/mol. The Morgan fingerprint density at radius 1 is 1.07 bits per heavy atom. The predicted octanol–water partition coefficient (Wildman–Crippen LogP) is 4.60. The van der Waals surface area contributed by atoms with Gasteiger partial charge in [0.1, 0.15) is 0 Å². The van der Waals surface area contributed by atoms with Gasteiger partial charge in [-0.2, -0.15) is 13.2 Å². The van der Waals surface area contributed by atoms with Gasteiger partial charge in [0.05, 0.1) is 17.7 Å². The van der Waals surface area contributed by atoms with Crippen LogP contribution >= 0.6 is 0 Å². The molecule has 4 rings (SSSR count). The van der Waals surface area contributed by atoms with E-state index in [2.05, 4.69) is 15.3 Å². The van der Waals surface area contributed by atoms with Crippen molar-refractivity contribution >= 4 is 17.4 Å². The average Bonchev–Trinajstić information content (AvgIpc) is 3.12. The first-order valence-corrected chi connectivity index (χ1v) is 8.75. The third-order valence-corrected chi connectivity index (χ3v) is 4.32. The maximum atomic E-state index is 12.6. The lowest BCUT2D eigenvalue weighted by molar-refractivity contribution is -0.137. The van der Waals surface area contributed by atoms with Crippen LogP contribution < -0.4 is 5.32 Å². The van der Waals surface area contributed by atoms with E-state index in [1.54, 1.807) is 34.9 Å². The minimum absolute atomic E-state index is 0.0271. The van der Waals surface area contributed by atoms with Gasteiger partial charge in [0.25, 0.3) is 0 Å². The van der Waals surface area contributed by atoms with Gasteiger partial charge >= 0.3 is 6.18 Å². The van der Waals surface area contributed by atoms with E-state index in [4.69, 9.17) is 0 Å². The number of alkyl halides is 3. The third kappa shape index (κ3) is 4.26. The Hall–Kier alpha value is -3.68. The molecule has 5 nitrogen and oxygen atoms in total. The van der Waals surface area contributed by atoms with Crippen LogP contribution in [0.25, 0.3) is 17.0 Å². The molecule has 1 N–H and O–H groups in total. The number of amides is 1. The van der Waals surface area contributed by atoms with E-state index in [0.717, 1.165) is 17.7 Å². The Kier molecular flexibility index (Phi) is 4.75. The van der Waals surface area contributed by atoms with Crippen LogP contribution in [-0.2, 0) is 17.4 Å². The summed E-state index contributed by atoms with van der Waals surface area (Å²) in [6.45, 7) is 0. The number of aromatic nitrogens is 3. The molecule has 0 aliphatic heterocycles. The van der Waals surface area contributed by atoms with Gasteiger partial charge in [-0.05, 0) is 35.9 Å². The number of imidazole rings is 1. The number of anilines is 1. The lowest BCUT2D eigenvalue weighted by Gasteiger charge is -2.09. The molecule has 29 heavy (non-hydrogen) atoms. The number of carbonyl (C=O) groups is 1. The monoisotopic (exact) mass is 396 g/mol. The molecule has 1 amide bonds. The molecule has 2 aromatic heterocycles. The number of fused-ring (bicyclic) bond motifs is 1. The van der Waals surface area contributed by atoms with Crippen molar-refractivity contribution in [2.75, 3.05) is 5.32 Å². The van der Waals surface area contributed by atoms with E-state index in [0.29, 0.717) is 22.7 Å². The molecule has 0 saturated carbocycles. The molecule has 0 radical (unpaired) electrons. The number of carbonyl (C=O) groups excluding carboxylic acids is 1. The van der Waals surface area contributed by atoms with Crippen LogP contribution in [0.4, 0.5) is 18.9 Å². The number of hydrogen-bond donors (Lipinski definition) is 1. The molecule has 0 unspecified atom stereocenters. The van der Waals surface area contributed by atoms with Crippen molar-refractivity contribution < 1.29 is 18.0 Å². The molecule has 0 aliphatic rings. The number of nitrogens with one attached hydrogen (secondary N) is 1. The quantitative estimate of drug-likeness (QED) is 0.549. The lowest BCUT2D eigenvalue weighted by Crippen LogP contribution is -2.14. The fraction of sp³-hybridized carbons (Fsp3) is 0.0952. The second-order valence-electron chi connectivity index (χ2n) is 6.45. The van der Waals surface area contributed by atoms with Gasteiger partial charge in [0.15, 0.2) is 0 Å². The summed E-state index contributed by atoms with van der Waals surface area (Å²) in [5.41, 5.74) is 1.85. The third-order valence-electron chi connectivity index (χ3n) is 4.32. The summed E-state index contributed by atoms with van der Waals surface area (Å²) in [5.74, 6) is 0.248. The zero-order valence-corrected chi connectivity index (χ0v) is 15.0. The first-order chi connectivity index (χ1) is 13.9. The van der Waals surface area contributed by atoms with E-state index in [1.165, 1.54) is 12.1 Å². The van der Waals surface area contributed by atoms with Gasteiger partial charge < -0.3 is 5.32 Å². The van der Waals surface area contributed by atoms with Crippen molar-refractivity contribution in [1.29, 1.82) is 0 Å². The first-order valence-electron chi connectivity index (χ1n) is 8.75. The molecule has 4 aromatic rings. The lowest BCUT2D eigenvalue weighted by atomic mass is 10.1. The standard InChI is InChI=1S/C21H15F3N4O/c22-21(23,24)16-7-5-14(6-8-16)11-19(29)26-17-4-1-3-15(12-17)18-13-28-10-2-9-25-20(28)27-18/h1-10,12-13H,11H2,(H,26,29). The highest BCUT2D eigenvalue weighted by molar-refractivity contribution is 5.92. The minimum Gasteiger partial charge on any atom is -0.326 e. The van der Waals surface area contributed by atoms with Crippen molar-refractivity contribution in [2.45, 2.75) is 12.6 Å². The largest absolute Gasteiger partial charge is 0.416 e. The van der Waals surface area contributed by atoms with Crippen LogP contribution in [0.15, 0.2) is 73.2 Å². The highest BCUT2D eigenvalue weighted by atomic mass is 19.4. The van der Waals surface area contributed by atoms with Crippen LogP contribution in [-0.4, -0.2) is 20.3 Å². The van der Waals surface area contributed by atoms with Gasteiger partial charge in [0.2, 0.25) is 11.7 Å². The van der Waals surface area contributed by atoms with Crippen LogP contribution in [0.1, 0.15) is 11.1 Å². The summed E-state index contributed by atoms with van der Waals surface area (Å²) in [5, 5.41) is 2.77. The van der Waals surface area contributed by atoms with Gasteiger partial charge in [-0.25, -0.2) is 9.97 Å². The molecule has 8 heteroatoms. The SMILES string of the molecule is O=C(Cc1ccc(C(F)(F)F)cc1)Nc1cccc(-c2cn3cccnc3n2)c1. The summed E-state index contributed by atoms with van der Waals surface area (Å²) in [6, 6.07) is 13.5. The number of halogens is 3. The number of benzene rings is 2. The van der Waals surface area contributed by atoms with Gasteiger partial charge in [-0.1, -0.05) is 24.3 Å². The Bertz CT molecular complexity index is 1130. The zero-order chi connectivity index (χ0) is 20.4.